The first-order valence-electron chi connectivity index (χ1n) is 24.9. The Kier molecular flexibility index (Phi) is 25.4. The second-order valence-corrected chi connectivity index (χ2v) is 21.0. The van der Waals surface area contributed by atoms with Gasteiger partial charge in [-0.25, -0.2) is 0 Å². The zero-order chi connectivity index (χ0) is 55.1. The van der Waals surface area contributed by atoms with Gasteiger partial charge in [-0.15, -0.1) is 0 Å². The summed E-state index contributed by atoms with van der Waals surface area (Å²) in [5, 5.41) is 23.8. The lowest BCUT2D eigenvalue weighted by Crippen LogP contribution is -2.58. The fourth-order valence-corrected chi connectivity index (χ4v) is 9.69. The van der Waals surface area contributed by atoms with Crippen LogP contribution < -0.4 is 30.8 Å². The highest BCUT2D eigenvalue weighted by atomic mass is 32.3. The van der Waals surface area contributed by atoms with Gasteiger partial charge in [-0.2, -0.15) is 31.9 Å². The molecule has 1 aliphatic heterocycles. The molecular formula is C50H70N8O14S3. The van der Waals surface area contributed by atoms with Crippen LogP contribution >= 0.6 is 23.5 Å². The van der Waals surface area contributed by atoms with E-state index in [0.29, 0.717) is 48.6 Å². The van der Waals surface area contributed by atoms with Crippen LogP contribution in [0.1, 0.15) is 95.6 Å². The van der Waals surface area contributed by atoms with E-state index in [1.54, 1.807) is 29.7 Å². The molecule has 1 saturated heterocycles. The van der Waals surface area contributed by atoms with E-state index in [1.807, 2.05) is 32.0 Å². The summed E-state index contributed by atoms with van der Waals surface area (Å²) in [6, 6.07) is 5.64. The first-order valence-corrected chi connectivity index (χ1v) is 29.1. The highest BCUT2D eigenvalue weighted by Crippen LogP contribution is 2.23. The van der Waals surface area contributed by atoms with Crippen LogP contribution in [0.2, 0.25) is 0 Å². The number of carbonyl (C=O) groups excluding carboxylic acids is 8. The minimum absolute atomic E-state index is 0.0520. The molecule has 0 spiro atoms. The third-order valence-electron chi connectivity index (χ3n) is 12.3. The number of H-pyrrole nitrogens is 1. The van der Waals surface area contributed by atoms with Crippen LogP contribution in [0.3, 0.4) is 0 Å². The molecule has 8 amide bonds. The summed E-state index contributed by atoms with van der Waals surface area (Å²) < 4.78 is 35.9. The number of nitrogens with one attached hydrogen (secondary N) is 6. The van der Waals surface area contributed by atoms with Gasteiger partial charge < -0.3 is 45.8 Å². The van der Waals surface area contributed by atoms with Crippen molar-refractivity contribution in [2.24, 2.45) is 0 Å². The van der Waals surface area contributed by atoms with Gasteiger partial charge in [0.25, 0.3) is 0 Å². The number of benzene rings is 2. The molecule has 5 atom stereocenters. The highest BCUT2D eigenvalue weighted by molar-refractivity contribution is 7.98. The monoisotopic (exact) mass is 1100 g/mol. The molecule has 75 heavy (non-hydrogen) atoms. The first-order chi connectivity index (χ1) is 35.8. The summed E-state index contributed by atoms with van der Waals surface area (Å²) in [6.45, 7) is 4.14. The molecule has 25 heteroatoms. The number of aliphatic carboxylic acids is 1. The van der Waals surface area contributed by atoms with Gasteiger partial charge in [0.2, 0.25) is 47.3 Å². The van der Waals surface area contributed by atoms with Crippen molar-refractivity contribution in [3.05, 3.63) is 65.9 Å². The van der Waals surface area contributed by atoms with E-state index in [0.717, 1.165) is 41.5 Å². The smallest absolute Gasteiger partial charge is 0.446 e. The number of aromatic amines is 1. The predicted molar refractivity (Wildman–Crippen MR) is 284 cm³/mol. The van der Waals surface area contributed by atoms with Gasteiger partial charge in [-0.1, -0.05) is 69.9 Å². The molecule has 4 rings (SSSR count). The Hall–Kier alpha value is -6.18. The highest BCUT2D eigenvalue weighted by Gasteiger charge is 2.40. The molecule has 0 bridgehead atoms. The quantitative estimate of drug-likeness (QED) is 0.0242. The zero-order valence-electron chi connectivity index (χ0n) is 42.7. The number of carboxylic acids is 1. The number of hydrogen-bond donors (Lipinski definition) is 8. The van der Waals surface area contributed by atoms with E-state index >= 15 is 0 Å². The average molecular weight is 1100 g/mol. The van der Waals surface area contributed by atoms with Crippen molar-refractivity contribution < 1.29 is 65.4 Å². The number of carbonyl (C=O) groups is 9. The average Bonchev–Trinajstić information content (AvgIpc) is 3.94. The van der Waals surface area contributed by atoms with E-state index < -0.39 is 107 Å². The molecule has 412 valence electrons. The molecule has 1 aliphatic rings. The van der Waals surface area contributed by atoms with Crippen molar-refractivity contribution in [1.29, 1.82) is 0 Å². The number of amides is 8. The maximum Gasteiger partial charge on any atom is 0.446 e. The van der Waals surface area contributed by atoms with Crippen LogP contribution in [-0.4, -0.2) is 160 Å². The second kappa shape index (κ2) is 31.0. The molecule has 1 aromatic heterocycles. The normalized spacial score (nSPS) is 14.5. The fourth-order valence-electron chi connectivity index (χ4n) is 8.39. The Labute approximate surface area is 445 Å². The maximum absolute atomic E-state index is 14.4. The predicted octanol–water partition coefficient (Wildman–Crippen LogP) is 2.90. The number of thioether (sulfide) groups is 2. The summed E-state index contributed by atoms with van der Waals surface area (Å²) >= 11 is 2.75. The minimum Gasteiger partial charge on any atom is -0.481 e. The SMILES string of the molecule is CCCCCN(CCCCC)C(=O)[C@H](CC(=O)O)NC(=O)[C@H](CCSC)NC(=O)[C@H](Cc1c[nH]c2ccccc12)NC(=O)CNC(=O)[C@H](CCSC)NC(=O)[C@H](Cc1ccc(OS(=O)(=O)O)cc1)N1C(=O)CCC1=O. The number of unbranched alkanes of at least 4 members (excludes halogenated alkanes) is 4. The summed E-state index contributed by atoms with van der Waals surface area (Å²) in [4.78, 5) is 128. The lowest BCUT2D eigenvalue weighted by molar-refractivity contribution is -0.147. The molecule has 22 nitrogen and oxygen atoms in total. The summed E-state index contributed by atoms with van der Waals surface area (Å²) in [6.07, 6.45) is 8.97. The Balaban J connectivity index is 1.54. The van der Waals surface area contributed by atoms with Gasteiger partial charge in [-0.3, -0.25) is 52.6 Å². The second-order valence-electron chi connectivity index (χ2n) is 18.0. The number of hydrogen-bond acceptors (Lipinski definition) is 14. The van der Waals surface area contributed by atoms with Crippen LogP contribution in [0.25, 0.3) is 10.9 Å². The van der Waals surface area contributed by atoms with E-state index in [-0.39, 0.29) is 44.3 Å². The van der Waals surface area contributed by atoms with Crippen LogP contribution in [0.15, 0.2) is 54.7 Å². The molecule has 0 aliphatic carbocycles. The molecule has 0 radical (unpaired) electrons. The Morgan fingerprint density at radius 3 is 1.87 bits per heavy atom. The van der Waals surface area contributed by atoms with E-state index in [9.17, 15) is 56.7 Å². The molecule has 3 aromatic rings. The number of para-hydroxylation sites is 1. The van der Waals surface area contributed by atoms with Gasteiger partial charge in [0.1, 0.15) is 36.0 Å². The third kappa shape index (κ3) is 20.1. The zero-order valence-corrected chi connectivity index (χ0v) is 45.2. The molecule has 2 aromatic carbocycles. The fraction of sp³-hybridized carbons (Fsp3) is 0.540. The van der Waals surface area contributed by atoms with Crippen molar-refractivity contribution in [2.75, 3.05) is 43.7 Å². The summed E-state index contributed by atoms with van der Waals surface area (Å²) in [5.41, 5.74) is 1.74. The van der Waals surface area contributed by atoms with Crippen LogP contribution in [0.5, 0.6) is 5.75 Å². The standard InChI is InChI=1S/C50H70N8O14S3/c1-5-7-11-23-57(24-12-8-6-2)50(68)40(29-45(62)63)56-47(65)38(22-26-74-4)54-48(66)39(28-33-30-51-36-14-10-9-13-35(33)36)53-42(59)31-52-46(64)37(21-25-73-3)55-49(67)41(58-43(60)19-20-44(58)61)27-32-15-17-34(18-16-32)72-75(69,70)71/h9-10,13-18,30,37-41,51H,5-8,11-12,19-29,31H2,1-4H3,(H,52,64)(H,53,59)(H,54,66)(H,55,67)(H,56,65)(H,62,63)(H,69,70,71)/t37-,38-,39-,40-,41-/m0/s1. The third-order valence-corrected chi connectivity index (χ3v) is 14.0. The minimum atomic E-state index is -4.83. The molecular weight excluding hydrogens is 1030 g/mol. The number of carboxylic acid groups (broad SMARTS) is 1. The Bertz CT molecular complexity index is 2540. The van der Waals surface area contributed by atoms with Gasteiger partial charge >= 0.3 is 16.4 Å². The number of rotatable bonds is 34. The van der Waals surface area contributed by atoms with Crippen LogP contribution in [0.4, 0.5) is 0 Å². The summed E-state index contributed by atoms with van der Waals surface area (Å²) in [7, 11) is -4.83. The molecule has 2 heterocycles. The molecule has 0 saturated carbocycles. The lowest BCUT2D eigenvalue weighted by atomic mass is 10.0. The van der Waals surface area contributed by atoms with Crippen LogP contribution in [-0.2, 0) is 66.4 Å². The van der Waals surface area contributed by atoms with Crippen molar-refractivity contribution >= 4 is 98.1 Å². The van der Waals surface area contributed by atoms with Gasteiger partial charge in [-0.05, 0) is 79.0 Å². The number of imide groups is 1. The molecule has 8 N–H and O–H groups in total. The lowest BCUT2D eigenvalue weighted by Gasteiger charge is -2.29. The van der Waals surface area contributed by atoms with E-state index in [1.165, 1.54) is 47.8 Å². The van der Waals surface area contributed by atoms with Gasteiger partial charge in [0, 0.05) is 55.9 Å². The van der Waals surface area contributed by atoms with Crippen molar-refractivity contribution in [2.45, 2.75) is 128 Å². The summed E-state index contributed by atoms with van der Waals surface area (Å²) in [5.74, 6) is -6.66. The number of aromatic nitrogens is 1. The van der Waals surface area contributed by atoms with Crippen molar-refractivity contribution in [1.82, 2.24) is 41.4 Å². The number of nitrogens with zero attached hydrogens (tertiary/aromatic N) is 2. The van der Waals surface area contributed by atoms with Crippen LogP contribution in [0, 0.1) is 0 Å². The number of likely N-dealkylation sites (tertiary alicyclic amines) is 1. The largest absolute Gasteiger partial charge is 0.481 e. The van der Waals surface area contributed by atoms with Gasteiger partial charge in [0.15, 0.2) is 0 Å². The topological polar surface area (TPSA) is 320 Å². The maximum atomic E-state index is 14.4. The van der Waals surface area contributed by atoms with Gasteiger partial charge in [0.05, 0.1) is 13.0 Å². The first kappa shape index (κ1) is 61.4. The number of fused-ring (bicyclic) bond motifs is 1. The van der Waals surface area contributed by atoms with Crippen molar-refractivity contribution in [3.63, 3.8) is 0 Å². The van der Waals surface area contributed by atoms with E-state index in [4.69, 9.17) is 4.55 Å². The Morgan fingerprint density at radius 2 is 1.29 bits per heavy atom. The van der Waals surface area contributed by atoms with E-state index in [2.05, 4.69) is 35.8 Å². The van der Waals surface area contributed by atoms with Crippen molar-refractivity contribution in [3.8, 4) is 5.75 Å². The molecule has 1 fully saturated rings. The Morgan fingerprint density at radius 1 is 0.733 bits per heavy atom. The molecule has 0 unspecified atom stereocenters.